The highest BCUT2D eigenvalue weighted by Crippen LogP contribution is 2.55. The van der Waals surface area contributed by atoms with Gasteiger partial charge in [0.05, 0.1) is 28.8 Å². The van der Waals surface area contributed by atoms with Gasteiger partial charge < -0.3 is 15.2 Å². The van der Waals surface area contributed by atoms with Crippen molar-refractivity contribution in [3.63, 3.8) is 0 Å². The molecule has 3 aromatic carbocycles. The first-order valence-electron chi connectivity index (χ1n) is 13.6. The monoisotopic (exact) mass is 693 g/mol. The molecule has 2 aliphatic heterocycles. The Morgan fingerprint density at radius 1 is 0.977 bits per heavy atom. The summed E-state index contributed by atoms with van der Waals surface area (Å²) in [6.45, 7) is 1.60. The molecule has 0 radical (unpaired) electrons. The third-order valence-corrected chi connectivity index (χ3v) is 10.5. The molecule has 3 amide bonds. The molecule has 6 rings (SSSR count). The molecule has 1 fully saturated rings. The smallest absolute Gasteiger partial charge is 0.338 e. The maximum Gasteiger partial charge on any atom is 0.338 e. The van der Waals surface area contributed by atoms with Crippen molar-refractivity contribution in [2.24, 2.45) is 5.92 Å². The topological polar surface area (TPSA) is 135 Å². The summed E-state index contributed by atoms with van der Waals surface area (Å²) in [5.74, 6) is -3.56. The molecule has 2 N–H and O–H groups in total. The number of para-hydroxylation sites is 1. The van der Waals surface area contributed by atoms with Crippen LogP contribution in [0.4, 0.5) is 11.4 Å². The second-order valence-electron chi connectivity index (χ2n) is 10.1. The maximum atomic E-state index is 13.9. The van der Waals surface area contributed by atoms with E-state index in [4.69, 9.17) is 4.74 Å². The number of phenols is 1. The van der Waals surface area contributed by atoms with Gasteiger partial charge >= 0.3 is 10.8 Å². The highest BCUT2D eigenvalue weighted by atomic mass is 79.9. The molecule has 3 atom stereocenters. The SMILES string of the molecule is CCOC(=O)c1ccc(NC(=O)Cn2c3c(sc2=O)[C@@H](c2ccccc2O)[C@H]2C(=O)N(c4ccc(Br)cc4)C(=O)[C@H]2S3)cc1. The fraction of sp³-hybridized carbons (Fsp3) is 0.194. The van der Waals surface area contributed by atoms with Crippen molar-refractivity contribution in [2.75, 3.05) is 16.8 Å². The van der Waals surface area contributed by atoms with Crippen LogP contribution in [0.15, 0.2) is 87.1 Å². The summed E-state index contributed by atoms with van der Waals surface area (Å²) in [5.41, 5.74) is 1.59. The van der Waals surface area contributed by atoms with Crippen molar-refractivity contribution in [1.29, 1.82) is 0 Å². The molecule has 44 heavy (non-hydrogen) atoms. The van der Waals surface area contributed by atoms with E-state index in [1.165, 1.54) is 22.8 Å². The molecule has 0 saturated carbocycles. The summed E-state index contributed by atoms with van der Waals surface area (Å²) in [6, 6.07) is 19.5. The number of carbonyl (C=O) groups is 4. The van der Waals surface area contributed by atoms with Crippen LogP contribution in [-0.4, -0.2) is 45.2 Å². The second-order valence-corrected chi connectivity index (χ2v) is 13.1. The van der Waals surface area contributed by atoms with Crippen molar-refractivity contribution in [3.8, 4) is 5.75 Å². The number of thioether (sulfide) groups is 1. The zero-order valence-corrected chi connectivity index (χ0v) is 26.3. The van der Waals surface area contributed by atoms with E-state index in [-0.39, 0.29) is 18.9 Å². The van der Waals surface area contributed by atoms with Crippen LogP contribution < -0.4 is 15.1 Å². The molecule has 224 valence electrons. The number of hydrogen-bond acceptors (Lipinski definition) is 9. The standard InChI is InChI=1S/C31H24BrN3O7S2/c1-2-42-30(40)16-7-11-18(12-8-16)33-22(37)15-34-29-26(44-31(34)41)23(20-5-3-4-6-21(20)36)24-25(43-29)28(39)35(27(24)38)19-13-9-17(32)10-14-19/h3-14,23-25,36H,2,15H2,1H3,(H,33,37)/t23-,24+,25-/m0/s1. The third-order valence-electron chi connectivity index (χ3n) is 7.39. The van der Waals surface area contributed by atoms with Crippen LogP contribution in [0.25, 0.3) is 0 Å². The summed E-state index contributed by atoms with van der Waals surface area (Å²) in [5, 5.41) is 13.1. The van der Waals surface area contributed by atoms with E-state index in [1.54, 1.807) is 61.5 Å². The minimum Gasteiger partial charge on any atom is -0.508 e. The van der Waals surface area contributed by atoms with Gasteiger partial charge in [0.15, 0.2) is 0 Å². The average molecular weight is 695 g/mol. The van der Waals surface area contributed by atoms with Crippen molar-refractivity contribution < 1.29 is 29.0 Å². The van der Waals surface area contributed by atoms with Gasteiger partial charge in [-0.05, 0) is 61.5 Å². The number of hydrogen-bond donors (Lipinski definition) is 2. The molecule has 13 heteroatoms. The number of esters is 1. The first-order valence-corrected chi connectivity index (χ1v) is 16.0. The number of anilines is 2. The summed E-state index contributed by atoms with van der Waals surface area (Å²) in [7, 11) is 0. The van der Waals surface area contributed by atoms with Crippen molar-refractivity contribution in [1.82, 2.24) is 4.57 Å². The Morgan fingerprint density at radius 3 is 2.36 bits per heavy atom. The van der Waals surface area contributed by atoms with Crippen LogP contribution in [0, 0.1) is 5.92 Å². The third kappa shape index (κ3) is 5.35. The molecule has 1 aromatic heterocycles. The number of imide groups is 1. The number of amides is 3. The Morgan fingerprint density at radius 2 is 1.68 bits per heavy atom. The van der Waals surface area contributed by atoms with Gasteiger partial charge in [-0.15, -0.1) is 0 Å². The fourth-order valence-electron chi connectivity index (χ4n) is 5.43. The first-order chi connectivity index (χ1) is 21.2. The van der Waals surface area contributed by atoms with E-state index in [9.17, 15) is 29.1 Å². The molecular weight excluding hydrogens is 670 g/mol. The van der Waals surface area contributed by atoms with E-state index in [1.807, 2.05) is 0 Å². The number of aromatic nitrogens is 1. The molecule has 1 saturated heterocycles. The summed E-state index contributed by atoms with van der Waals surface area (Å²) in [6.07, 6.45) is 0. The van der Waals surface area contributed by atoms with E-state index in [0.717, 1.165) is 32.5 Å². The van der Waals surface area contributed by atoms with Gasteiger partial charge in [-0.25, -0.2) is 9.69 Å². The lowest BCUT2D eigenvalue weighted by Crippen LogP contribution is -2.33. The fourth-order valence-corrected chi connectivity index (χ4v) is 8.46. The molecule has 0 unspecified atom stereocenters. The lowest BCUT2D eigenvalue weighted by Gasteiger charge is -2.31. The Kier molecular flexibility index (Phi) is 8.18. The highest BCUT2D eigenvalue weighted by Gasteiger charge is 2.57. The molecule has 2 aliphatic rings. The van der Waals surface area contributed by atoms with Crippen molar-refractivity contribution in [2.45, 2.75) is 29.7 Å². The zero-order valence-electron chi connectivity index (χ0n) is 23.1. The van der Waals surface area contributed by atoms with Gasteiger partial charge in [-0.1, -0.05) is 57.2 Å². The molecule has 10 nitrogen and oxygen atoms in total. The molecule has 3 heterocycles. The van der Waals surface area contributed by atoms with E-state index >= 15 is 0 Å². The predicted molar refractivity (Wildman–Crippen MR) is 169 cm³/mol. The quantitative estimate of drug-likeness (QED) is 0.204. The van der Waals surface area contributed by atoms with Crippen molar-refractivity contribution >= 4 is 74.1 Å². The first kappa shape index (κ1) is 29.9. The summed E-state index contributed by atoms with van der Waals surface area (Å²) in [4.78, 5) is 67.4. The van der Waals surface area contributed by atoms with Crippen LogP contribution in [0.5, 0.6) is 5.75 Å². The Labute approximate surface area is 267 Å². The van der Waals surface area contributed by atoms with Crippen LogP contribution in [0.2, 0.25) is 0 Å². The van der Waals surface area contributed by atoms with E-state index < -0.39 is 45.6 Å². The van der Waals surface area contributed by atoms with Crippen LogP contribution in [-0.2, 0) is 25.7 Å². The number of benzene rings is 3. The summed E-state index contributed by atoms with van der Waals surface area (Å²) >= 11 is 5.36. The zero-order chi connectivity index (χ0) is 31.1. The van der Waals surface area contributed by atoms with Crippen LogP contribution in [0.1, 0.15) is 33.6 Å². The molecule has 4 aromatic rings. The number of thiazole rings is 1. The van der Waals surface area contributed by atoms with Gasteiger partial charge in [0, 0.05) is 26.5 Å². The van der Waals surface area contributed by atoms with E-state index in [2.05, 4.69) is 21.2 Å². The van der Waals surface area contributed by atoms with Gasteiger partial charge in [0.25, 0.3) is 0 Å². The Balaban J connectivity index is 1.34. The number of nitrogens with one attached hydrogen (secondary N) is 1. The molecule has 0 spiro atoms. The molecule has 0 bridgehead atoms. The minimum atomic E-state index is -0.887. The average Bonchev–Trinajstić information content (AvgIpc) is 3.45. The number of phenolic OH excluding ortho intramolecular Hbond substituents is 1. The van der Waals surface area contributed by atoms with Gasteiger partial charge in [-0.2, -0.15) is 0 Å². The van der Waals surface area contributed by atoms with Gasteiger partial charge in [0.2, 0.25) is 17.7 Å². The number of nitrogens with zero attached hydrogens (tertiary/aromatic N) is 2. The van der Waals surface area contributed by atoms with Crippen LogP contribution >= 0.6 is 39.0 Å². The van der Waals surface area contributed by atoms with E-state index in [0.29, 0.717) is 32.4 Å². The largest absolute Gasteiger partial charge is 0.508 e. The molecule has 0 aliphatic carbocycles. The number of halogens is 1. The second kappa shape index (κ2) is 12.1. The lowest BCUT2D eigenvalue weighted by atomic mass is 9.82. The highest BCUT2D eigenvalue weighted by molar-refractivity contribution is 9.10. The number of ether oxygens (including phenoxy) is 1. The number of aromatic hydroxyl groups is 1. The Bertz CT molecular complexity index is 1850. The number of carbonyl (C=O) groups excluding carboxylic acids is 4. The van der Waals surface area contributed by atoms with Crippen molar-refractivity contribution in [3.05, 3.63) is 103 Å². The maximum absolute atomic E-state index is 13.9. The predicted octanol–water partition coefficient (Wildman–Crippen LogP) is 4.99. The minimum absolute atomic E-state index is 0.0622. The number of fused-ring (bicyclic) bond motifs is 2. The summed E-state index contributed by atoms with van der Waals surface area (Å²) < 4.78 is 7.07. The molecular formula is C31H24BrN3O7S2. The van der Waals surface area contributed by atoms with Crippen LogP contribution in [0.3, 0.4) is 0 Å². The van der Waals surface area contributed by atoms with Gasteiger partial charge in [-0.3, -0.25) is 23.7 Å². The van der Waals surface area contributed by atoms with Gasteiger partial charge in [0.1, 0.15) is 17.5 Å². The normalized spacial score (nSPS) is 19.0. The number of rotatable bonds is 7. The Hall–Kier alpha value is -4.20. The lowest BCUT2D eigenvalue weighted by molar-refractivity contribution is -0.122.